The van der Waals surface area contributed by atoms with Crippen molar-refractivity contribution in [3.8, 4) is 0 Å². The van der Waals surface area contributed by atoms with Gasteiger partial charge in [0.05, 0.1) is 17.1 Å². The number of thiocarbonyl (C=S) groups is 1. The molecule has 0 bridgehead atoms. The molecule has 6 nitrogen and oxygen atoms in total. The van der Waals surface area contributed by atoms with Crippen molar-refractivity contribution >= 4 is 33.0 Å². The van der Waals surface area contributed by atoms with Gasteiger partial charge >= 0.3 is 0 Å². The molecular formula is C13H19N3O3S2. The fourth-order valence-electron chi connectivity index (χ4n) is 2.27. The number of nitrogens with one attached hydrogen (secondary N) is 1. The van der Waals surface area contributed by atoms with Crippen molar-refractivity contribution in [1.29, 1.82) is 0 Å². The van der Waals surface area contributed by atoms with Gasteiger partial charge < -0.3 is 15.0 Å². The van der Waals surface area contributed by atoms with E-state index in [1.165, 1.54) is 12.1 Å². The van der Waals surface area contributed by atoms with Crippen LogP contribution in [0, 0.1) is 0 Å². The molecule has 1 aromatic rings. The molecule has 3 N–H and O–H groups in total. The van der Waals surface area contributed by atoms with E-state index in [-0.39, 0.29) is 17.1 Å². The monoisotopic (exact) mass is 329 g/mol. The highest BCUT2D eigenvalue weighted by Crippen LogP contribution is 2.16. The molecule has 1 fully saturated rings. The van der Waals surface area contributed by atoms with E-state index >= 15 is 0 Å². The van der Waals surface area contributed by atoms with E-state index in [0.717, 1.165) is 18.8 Å². The van der Waals surface area contributed by atoms with Gasteiger partial charge in [-0.3, -0.25) is 0 Å². The van der Waals surface area contributed by atoms with Crippen LogP contribution in [0.1, 0.15) is 13.8 Å². The predicted molar refractivity (Wildman–Crippen MR) is 85.6 cm³/mol. The zero-order valence-corrected chi connectivity index (χ0v) is 13.6. The van der Waals surface area contributed by atoms with Gasteiger partial charge in [-0.1, -0.05) is 0 Å². The fraction of sp³-hybridized carbons (Fsp3) is 0.462. The number of sulfonamides is 1. The summed E-state index contributed by atoms with van der Waals surface area (Å²) < 4.78 is 28.1. The standard InChI is InChI=1S/C13H19N3O3S2/c1-9-7-16(8-10(2)19-9)13(20)15-11-3-5-12(6-4-11)21(14,17)18/h3-6,9-10H,7-8H2,1-2H3,(H,15,20)(H2,14,17,18)/t9-,10-/m0/s1. The summed E-state index contributed by atoms with van der Waals surface area (Å²) in [6.45, 7) is 5.47. The van der Waals surface area contributed by atoms with Crippen LogP contribution in [-0.4, -0.2) is 43.7 Å². The number of anilines is 1. The van der Waals surface area contributed by atoms with Gasteiger partial charge in [-0.2, -0.15) is 0 Å². The molecule has 0 aromatic heterocycles. The van der Waals surface area contributed by atoms with Crippen LogP contribution < -0.4 is 10.5 Å². The maximum Gasteiger partial charge on any atom is 0.238 e. The first kappa shape index (κ1) is 16.2. The summed E-state index contributed by atoms with van der Waals surface area (Å²) in [6.07, 6.45) is 0.247. The highest BCUT2D eigenvalue weighted by molar-refractivity contribution is 7.89. The van der Waals surface area contributed by atoms with Crippen LogP contribution in [-0.2, 0) is 14.8 Å². The average Bonchev–Trinajstić information content (AvgIpc) is 2.37. The molecule has 1 aliphatic rings. The van der Waals surface area contributed by atoms with Crippen molar-refractivity contribution in [2.24, 2.45) is 5.14 Å². The van der Waals surface area contributed by atoms with Crippen LogP contribution in [0.2, 0.25) is 0 Å². The van der Waals surface area contributed by atoms with Crippen LogP contribution in [0.3, 0.4) is 0 Å². The second kappa shape index (κ2) is 6.27. The Balaban J connectivity index is 2.03. The predicted octanol–water partition coefficient (Wildman–Crippen LogP) is 1.14. The number of rotatable bonds is 2. The van der Waals surface area contributed by atoms with Gasteiger partial charge in [0.25, 0.3) is 0 Å². The molecule has 0 unspecified atom stereocenters. The molecule has 1 aliphatic heterocycles. The third-order valence-electron chi connectivity index (χ3n) is 3.14. The second-order valence-electron chi connectivity index (χ2n) is 5.16. The van der Waals surface area contributed by atoms with E-state index in [0.29, 0.717) is 5.11 Å². The molecule has 1 aromatic carbocycles. The van der Waals surface area contributed by atoms with Crippen molar-refractivity contribution in [2.75, 3.05) is 18.4 Å². The molecule has 1 heterocycles. The molecule has 0 aliphatic carbocycles. The topological polar surface area (TPSA) is 84.7 Å². The third kappa shape index (κ3) is 4.37. The number of benzene rings is 1. The lowest BCUT2D eigenvalue weighted by molar-refractivity contribution is -0.0473. The number of nitrogens with zero attached hydrogens (tertiary/aromatic N) is 1. The minimum atomic E-state index is -3.67. The quantitative estimate of drug-likeness (QED) is 0.792. The Kier molecular flexibility index (Phi) is 4.82. The summed E-state index contributed by atoms with van der Waals surface area (Å²) in [5.74, 6) is 0. The average molecular weight is 329 g/mol. The number of morpholine rings is 1. The normalized spacial score (nSPS) is 22.9. The van der Waals surface area contributed by atoms with Crippen molar-refractivity contribution < 1.29 is 13.2 Å². The first-order valence-corrected chi connectivity index (χ1v) is 8.55. The lowest BCUT2D eigenvalue weighted by atomic mass is 10.2. The van der Waals surface area contributed by atoms with Crippen LogP contribution in [0.25, 0.3) is 0 Å². The SMILES string of the molecule is C[C@H]1CN(C(=S)Nc2ccc(S(N)(=O)=O)cc2)C[C@H](C)O1. The highest BCUT2D eigenvalue weighted by Gasteiger charge is 2.23. The summed E-state index contributed by atoms with van der Waals surface area (Å²) in [4.78, 5) is 2.12. The smallest absolute Gasteiger partial charge is 0.238 e. The first-order valence-electron chi connectivity index (χ1n) is 6.60. The Bertz CT molecular complexity index is 606. The summed E-state index contributed by atoms with van der Waals surface area (Å²) in [5.41, 5.74) is 0.721. The fourth-order valence-corrected chi connectivity index (χ4v) is 3.06. The molecule has 0 spiro atoms. The zero-order chi connectivity index (χ0) is 15.6. The minimum Gasteiger partial charge on any atom is -0.372 e. The molecule has 116 valence electrons. The maximum atomic E-state index is 11.2. The lowest BCUT2D eigenvalue weighted by Crippen LogP contribution is -2.49. The van der Waals surface area contributed by atoms with Crippen molar-refractivity contribution in [2.45, 2.75) is 31.0 Å². The Labute approximate surface area is 130 Å². The van der Waals surface area contributed by atoms with Gasteiger partial charge in [0.1, 0.15) is 0 Å². The van der Waals surface area contributed by atoms with E-state index < -0.39 is 10.0 Å². The molecular weight excluding hydrogens is 310 g/mol. The van der Waals surface area contributed by atoms with Crippen LogP contribution in [0.5, 0.6) is 0 Å². The van der Waals surface area contributed by atoms with E-state index in [9.17, 15) is 8.42 Å². The van der Waals surface area contributed by atoms with Crippen LogP contribution in [0.4, 0.5) is 5.69 Å². The minimum absolute atomic E-state index is 0.0765. The van der Waals surface area contributed by atoms with Gasteiger partial charge in [0.15, 0.2) is 5.11 Å². The number of primary sulfonamides is 1. The molecule has 0 amide bonds. The highest BCUT2D eigenvalue weighted by atomic mass is 32.2. The first-order chi connectivity index (χ1) is 9.75. The van der Waals surface area contributed by atoms with Gasteiger partial charge in [0, 0.05) is 18.8 Å². The Morgan fingerprint density at radius 3 is 2.29 bits per heavy atom. The summed E-state index contributed by atoms with van der Waals surface area (Å²) >= 11 is 5.38. The van der Waals surface area contributed by atoms with Crippen LogP contribution in [0.15, 0.2) is 29.2 Å². The van der Waals surface area contributed by atoms with E-state index in [1.807, 2.05) is 18.7 Å². The Hall–Kier alpha value is -1.22. The summed E-state index contributed by atoms with van der Waals surface area (Å²) in [7, 11) is -3.67. The summed E-state index contributed by atoms with van der Waals surface area (Å²) in [5, 5.41) is 8.75. The zero-order valence-electron chi connectivity index (χ0n) is 11.9. The number of nitrogens with two attached hydrogens (primary N) is 1. The number of ether oxygens (including phenoxy) is 1. The molecule has 8 heteroatoms. The largest absolute Gasteiger partial charge is 0.372 e. The van der Waals surface area contributed by atoms with E-state index in [2.05, 4.69) is 5.32 Å². The molecule has 1 saturated heterocycles. The molecule has 0 radical (unpaired) electrons. The lowest BCUT2D eigenvalue weighted by Gasteiger charge is -2.36. The van der Waals surface area contributed by atoms with E-state index in [4.69, 9.17) is 22.1 Å². The van der Waals surface area contributed by atoms with Crippen molar-refractivity contribution in [1.82, 2.24) is 4.90 Å². The molecule has 2 atom stereocenters. The van der Waals surface area contributed by atoms with Crippen molar-refractivity contribution in [3.63, 3.8) is 0 Å². The van der Waals surface area contributed by atoms with Gasteiger partial charge in [-0.25, -0.2) is 13.6 Å². The van der Waals surface area contributed by atoms with Gasteiger partial charge in [-0.05, 0) is 50.3 Å². The Morgan fingerprint density at radius 2 is 1.81 bits per heavy atom. The molecule has 0 saturated carbocycles. The van der Waals surface area contributed by atoms with Crippen molar-refractivity contribution in [3.05, 3.63) is 24.3 Å². The number of hydrogen-bond donors (Lipinski definition) is 2. The molecule has 21 heavy (non-hydrogen) atoms. The van der Waals surface area contributed by atoms with Gasteiger partial charge in [-0.15, -0.1) is 0 Å². The third-order valence-corrected chi connectivity index (χ3v) is 4.43. The maximum absolute atomic E-state index is 11.2. The second-order valence-corrected chi connectivity index (χ2v) is 7.11. The number of hydrogen-bond acceptors (Lipinski definition) is 4. The van der Waals surface area contributed by atoms with E-state index in [1.54, 1.807) is 12.1 Å². The molecule has 2 rings (SSSR count). The van der Waals surface area contributed by atoms with Gasteiger partial charge in [0.2, 0.25) is 10.0 Å². The van der Waals surface area contributed by atoms with Crippen LogP contribution >= 0.6 is 12.2 Å². The Morgan fingerprint density at radius 1 is 1.29 bits per heavy atom. The summed E-state index contributed by atoms with van der Waals surface area (Å²) in [6, 6.07) is 6.17.